The van der Waals surface area contributed by atoms with Crippen molar-refractivity contribution in [1.29, 1.82) is 5.41 Å². The van der Waals surface area contributed by atoms with Gasteiger partial charge in [-0.15, -0.1) is 0 Å². The fourth-order valence-corrected chi connectivity index (χ4v) is 2.79. The SMILES string of the molecule is N=C(N)c1cccc2cccc(-c3ccc(CCO)cc3)c12. The molecule has 0 saturated carbocycles. The molecular weight excluding hydrogens is 272 g/mol. The van der Waals surface area contributed by atoms with Gasteiger partial charge >= 0.3 is 0 Å². The summed E-state index contributed by atoms with van der Waals surface area (Å²) in [7, 11) is 0. The molecule has 3 aromatic carbocycles. The van der Waals surface area contributed by atoms with Gasteiger partial charge in [-0.3, -0.25) is 5.41 Å². The molecule has 0 radical (unpaired) electrons. The molecule has 3 aromatic rings. The van der Waals surface area contributed by atoms with Crippen LogP contribution in [0.5, 0.6) is 0 Å². The second-order valence-corrected chi connectivity index (χ2v) is 5.29. The van der Waals surface area contributed by atoms with Crippen molar-refractivity contribution in [1.82, 2.24) is 0 Å². The zero-order valence-electron chi connectivity index (χ0n) is 12.2. The Labute approximate surface area is 129 Å². The molecule has 0 amide bonds. The van der Waals surface area contributed by atoms with Gasteiger partial charge in [0.25, 0.3) is 0 Å². The average Bonchev–Trinajstić information content (AvgIpc) is 2.54. The fraction of sp³-hybridized carbons (Fsp3) is 0.105. The minimum absolute atomic E-state index is 0.0787. The highest BCUT2D eigenvalue weighted by atomic mass is 16.2. The summed E-state index contributed by atoms with van der Waals surface area (Å²) < 4.78 is 0. The zero-order chi connectivity index (χ0) is 15.5. The van der Waals surface area contributed by atoms with Gasteiger partial charge in [-0.05, 0) is 28.5 Å². The number of fused-ring (bicyclic) bond motifs is 1. The molecule has 3 nitrogen and oxygen atoms in total. The highest BCUT2D eigenvalue weighted by molar-refractivity contribution is 6.12. The van der Waals surface area contributed by atoms with Gasteiger partial charge in [-0.2, -0.15) is 0 Å². The van der Waals surface area contributed by atoms with Crippen LogP contribution in [0.3, 0.4) is 0 Å². The Morgan fingerprint density at radius 2 is 1.64 bits per heavy atom. The number of amidine groups is 1. The van der Waals surface area contributed by atoms with Gasteiger partial charge < -0.3 is 10.8 Å². The standard InChI is InChI=1S/C19H18N2O/c20-19(21)17-6-2-4-15-3-1-5-16(18(15)17)14-9-7-13(8-10-14)11-12-22/h1-10,22H,11-12H2,(H3,20,21). The largest absolute Gasteiger partial charge is 0.396 e. The molecule has 0 aliphatic heterocycles. The molecule has 0 fully saturated rings. The first kappa shape index (κ1) is 14.3. The van der Waals surface area contributed by atoms with E-state index in [1.807, 2.05) is 42.5 Å². The van der Waals surface area contributed by atoms with Crippen LogP contribution in [0.1, 0.15) is 11.1 Å². The molecule has 3 heteroatoms. The van der Waals surface area contributed by atoms with Gasteiger partial charge in [0.2, 0.25) is 0 Å². The van der Waals surface area contributed by atoms with Gasteiger partial charge in [0.15, 0.2) is 0 Å². The van der Waals surface area contributed by atoms with Crippen LogP contribution in [-0.2, 0) is 6.42 Å². The Bertz CT molecular complexity index is 817. The van der Waals surface area contributed by atoms with Crippen LogP contribution in [0.15, 0.2) is 60.7 Å². The molecule has 0 aromatic heterocycles. The van der Waals surface area contributed by atoms with Crippen molar-refractivity contribution in [2.24, 2.45) is 5.73 Å². The number of rotatable bonds is 4. The first-order chi connectivity index (χ1) is 10.7. The monoisotopic (exact) mass is 290 g/mol. The summed E-state index contributed by atoms with van der Waals surface area (Å²) in [4.78, 5) is 0. The lowest BCUT2D eigenvalue weighted by molar-refractivity contribution is 0.299. The third-order valence-corrected chi connectivity index (χ3v) is 3.86. The number of aliphatic hydroxyl groups is 1. The minimum Gasteiger partial charge on any atom is -0.396 e. The predicted octanol–water partition coefficient (Wildman–Crippen LogP) is 3.33. The van der Waals surface area contributed by atoms with E-state index in [1.165, 1.54) is 0 Å². The third kappa shape index (κ3) is 2.59. The van der Waals surface area contributed by atoms with E-state index in [0.29, 0.717) is 6.42 Å². The predicted molar refractivity (Wildman–Crippen MR) is 91.2 cm³/mol. The van der Waals surface area contributed by atoms with E-state index >= 15 is 0 Å². The number of benzene rings is 3. The number of nitrogens with two attached hydrogens (primary N) is 1. The Morgan fingerprint density at radius 1 is 0.955 bits per heavy atom. The van der Waals surface area contributed by atoms with E-state index in [1.54, 1.807) is 0 Å². The molecule has 0 aliphatic carbocycles. The Hall–Kier alpha value is -2.65. The van der Waals surface area contributed by atoms with Gasteiger partial charge in [-0.1, -0.05) is 60.7 Å². The quantitative estimate of drug-likeness (QED) is 0.509. The Kier molecular flexibility index (Phi) is 3.90. The molecule has 0 saturated heterocycles. The van der Waals surface area contributed by atoms with Crippen molar-refractivity contribution in [2.75, 3.05) is 6.61 Å². The molecule has 0 heterocycles. The van der Waals surface area contributed by atoms with Gasteiger partial charge in [0.05, 0.1) is 0 Å². The summed E-state index contributed by atoms with van der Waals surface area (Å²) in [6, 6.07) is 20.1. The normalized spacial score (nSPS) is 10.8. The maximum Gasteiger partial charge on any atom is 0.123 e. The summed E-state index contributed by atoms with van der Waals surface area (Å²) in [6.45, 7) is 0.155. The lowest BCUT2D eigenvalue weighted by Crippen LogP contribution is -2.11. The van der Waals surface area contributed by atoms with Crippen LogP contribution in [0.2, 0.25) is 0 Å². The van der Waals surface area contributed by atoms with Gasteiger partial charge in [0.1, 0.15) is 5.84 Å². The summed E-state index contributed by atoms with van der Waals surface area (Å²) in [5.74, 6) is 0.0787. The van der Waals surface area contributed by atoms with E-state index in [-0.39, 0.29) is 12.4 Å². The van der Waals surface area contributed by atoms with E-state index < -0.39 is 0 Å². The minimum atomic E-state index is 0.0787. The first-order valence-corrected chi connectivity index (χ1v) is 7.27. The lowest BCUT2D eigenvalue weighted by Gasteiger charge is -2.11. The number of hydrogen-bond acceptors (Lipinski definition) is 2. The topological polar surface area (TPSA) is 70.1 Å². The van der Waals surface area contributed by atoms with Gasteiger partial charge in [-0.25, -0.2) is 0 Å². The van der Waals surface area contributed by atoms with Crippen LogP contribution < -0.4 is 5.73 Å². The maximum absolute atomic E-state index is 9.01. The summed E-state index contributed by atoms with van der Waals surface area (Å²) in [6.07, 6.45) is 0.661. The van der Waals surface area contributed by atoms with Crippen molar-refractivity contribution in [3.63, 3.8) is 0 Å². The van der Waals surface area contributed by atoms with Crippen molar-refractivity contribution < 1.29 is 5.11 Å². The molecule has 0 spiro atoms. The molecule has 0 aliphatic rings. The number of nitrogens with one attached hydrogen (secondary N) is 1. The van der Waals surface area contributed by atoms with Crippen molar-refractivity contribution in [3.05, 3.63) is 71.8 Å². The van der Waals surface area contributed by atoms with E-state index in [9.17, 15) is 0 Å². The molecule has 0 unspecified atom stereocenters. The lowest BCUT2D eigenvalue weighted by atomic mass is 9.93. The smallest absolute Gasteiger partial charge is 0.123 e. The summed E-state index contributed by atoms with van der Waals surface area (Å²) >= 11 is 0. The molecule has 0 bridgehead atoms. The maximum atomic E-state index is 9.01. The molecule has 3 rings (SSSR count). The van der Waals surface area contributed by atoms with Crippen LogP contribution in [0, 0.1) is 5.41 Å². The summed E-state index contributed by atoms with van der Waals surface area (Å²) in [5, 5.41) is 18.9. The van der Waals surface area contributed by atoms with Crippen LogP contribution >= 0.6 is 0 Å². The molecule has 0 atom stereocenters. The van der Waals surface area contributed by atoms with E-state index in [4.69, 9.17) is 16.2 Å². The molecule has 110 valence electrons. The highest BCUT2D eigenvalue weighted by Gasteiger charge is 2.09. The summed E-state index contributed by atoms with van der Waals surface area (Å²) in [5.41, 5.74) is 9.77. The van der Waals surface area contributed by atoms with Crippen LogP contribution in [0.25, 0.3) is 21.9 Å². The number of aliphatic hydroxyl groups excluding tert-OH is 1. The number of hydrogen-bond donors (Lipinski definition) is 3. The molecular formula is C19H18N2O. The highest BCUT2D eigenvalue weighted by Crippen LogP contribution is 2.31. The second kappa shape index (κ2) is 6.00. The Balaban J connectivity index is 2.20. The average molecular weight is 290 g/mol. The van der Waals surface area contributed by atoms with Crippen LogP contribution in [0.4, 0.5) is 0 Å². The molecule has 4 N–H and O–H groups in total. The van der Waals surface area contributed by atoms with Crippen molar-refractivity contribution >= 4 is 16.6 Å². The number of nitrogen functional groups attached to an aromatic ring is 1. The Morgan fingerprint density at radius 3 is 2.27 bits per heavy atom. The zero-order valence-corrected chi connectivity index (χ0v) is 12.2. The second-order valence-electron chi connectivity index (χ2n) is 5.29. The van der Waals surface area contributed by atoms with Crippen LogP contribution in [-0.4, -0.2) is 17.5 Å². The van der Waals surface area contributed by atoms with Gasteiger partial charge in [0, 0.05) is 17.6 Å². The van der Waals surface area contributed by atoms with Crippen molar-refractivity contribution in [3.8, 4) is 11.1 Å². The first-order valence-electron chi connectivity index (χ1n) is 7.27. The van der Waals surface area contributed by atoms with E-state index in [2.05, 4.69) is 18.2 Å². The third-order valence-electron chi connectivity index (χ3n) is 3.86. The molecule has 22 heavy (non-hydrogen) atoms. The van der Waals surface area contributed by atoms with E-state index in [0.717, 1.165) is 33.0 Å². The fourth-order valence-electron chi connectivity index (χ4n) is 2.79. The van der Waals surface area contributed by atoms with Crippen molar-refractivity contribution in [2.45, 2.75) is 6.42 Å².